The van der Waals surface area contributed by atoms with E-state index in [0.717, 1.165) is 0 Å². The second-order valence-electron chi connectivity index (χ2n) is 5.71. The van der Waals surface area contributed by atoms with Gasteiger partial charge in [0.2, 0.25) is 0 Å². The molecule has 0 radical (unpaired) electrons. The van der Waals surface area contributed by atoms with Crippen molar-refractivity contribution in [3.8, 4) is 17.2 Å². The van der Waals surface area contributed by atoms with Crippen LogP contribution in [0.3, 0.4) is 0 Å². The predicted octanol–water partition coefficient (Wildman–Crippen LogP) is 2.94. The summed E-state index contributed by atoms with van der Waals surface area (Å²) in [7, 11) is 0. The zero-order valence-corrected chi connectivity index (χ0v) is 13.9. The fourth-order valence-corrected chi connectivity index (χ4v) is 2.49. The molecular formula is C19H20FNO4. The molecule has 1 aliphatic rings. The van der Waals surface area contributed by atoms with Crippen molar-refractivity contribution in [1.29, 1.82) is 0 Å². The van der Waals surface area contributed by atoms with E-state index in [0.29, 0.717) is 36.8 Å². The summed E-state index contributed by atoms with van der Waals surface area (Å²) in [6.45, 7) is 2.54. The summed E-state index contributed by atoms with van der Waals surface area (Å²) < 4.78 is 30.0. The van der Waals surface area contributed by atoms with Crippen LogP contribution < -0.4 is 19.5 Å². The van der Waals surface area contributed by atoms with Crippen LogP contribution in [0.15, 0.2) is 48.5 Å². The van der Waals surface area contributed by atoms with Crippen LogP contribution in [-0.2, 0) is 4.79 Å². The van der Waals surface area contributed by atoms with Crippen LogP contribution in [0.4, 0.5) is 4.39 Å². The second-order valence-corrected chi connectivity index (χ2v) is 5.71. The molecule has 1 aliphatic heterocycles. The maximum absolute atomic E-state index is 12.9. The van der Waals surface area contributed by atoms with Crippen molar-refractivity contribution in [2.24, 2.45) is 0 Å². The summed E-state index contributed by atoms with van der Waals surface area (Å²) in [5.41, 5.74) is 0. The molecular weight excluding hydrogens is 325 g/mol. The molecule has 5 nitrogen and oxygen atoms in total. The molecule has 2 aromatic rings. The van der Waals surface area contributed by atoms with Crippen molar-refractivity contribution < 1.29 is 23.4 Å². The van der Waals surface area contributed by atoms with Crippen molar-refractivity contribution in [3.05, 3.63) is 54.3 Å². The summed E-state index contributed by atoms with van der Waals surface area (Å²) in [4.78, 5) is 12.3. The molecule has 0 aliphatic carbocycles. The van der Waals surface area contributed by atoms with Gasteiger partial charge in [0.25, 0.3) is 5.91 Å². The molecule has 0 saturated carbocycles. The number of rotatable bonds is 6. The first-order chi connectivity index (χ1) is 12.2. The number of hydrogen-bond donors (Lipinski definition) is 1. The fraction of sp³-hybridized carbons (Fsp3) is 0.316. The van der Waals surface area contributed by atoms with Crippen LogP contribution in [0, 0.1) is 5.82 Å². The van der Waals surface area contributed by atoms with Crippen molar-refractivity contribution in [2.45, 2.75) is 25.6 Å². The standard InChI is InChI=1S/C19H20FNO4/c1-2-16(24-14-9-7-13(20)8-10-14)19(22)21-11-15-12-23-17-5-3-4-6-18(17)25-15/h3-10,15-16H,2,11-12H2,1H3,(H,21,22)/t15-,16+/m1/s1. The topological polar surface area (TPSA) is 56.8 Å². The Kier molecular flexibility index (Phi) is 5.38. The molecule has 1 heterocycles. The Balaban J connectivity index is 1.52. The van der Waals surface area contributed by atoms with E-state index >= 15 is 0 Å². The molecule has 0 saturated heterocycles. The molecule has 1 N–H and O–H groups in total. The third-order valence-electron chi connectivity index (χ3n) is 3.83. The molecule has 0 fully saturated rings. The first-order valence-corrected chi connectivity index (χ1v) is 8.24. The average molecular weight is 345 g/mol. The minimum atomic E-state index is -0.651. The monoisotopic (exact) mass is 345 g/mol. The molecule has 2 atom stereocenters. The smallest absolute Gasteiger partial charge is 0.261 e. The van der Waals surface area contributed by atoms with Crippen LogP contribution in [0.25, 0.3) is 0 Å². The van der Waals surface area contributed by atoms with Crippen molar-refractivity contribution in [3.63, 3.8) is 0 Å². The molecule has 2 aromatic carbocycles. The van der Waals surface area contributed by atoms with E-state index < -0.39 is 6.10 Å². The Morgan fingerprint density at radius 3 is 2.68 bits per heavy atom. The highest BCUT2D eigenvalue weighted by Crippen LogP contribution is 2.30. The van der Waals surface area contributed by atoms with Gasteiger partial charge in [0.05, 0.1) is 6.54 Å². The SMILES string of the molecule is CC[C@H](Oc1ccc(F)cc1)C(=O)NC[C@@H]1COc2ccccc2O1. The lowest BCUT2D eigenvalue weighted by Crippen LogP contribution is -2.45. The number of ether oxygens (including phenoxy) is 3. The van der Waals surface area contributed by atoms with Gasteiger partial charge in [-0.2, -0.15) is 0 Å². The number of para-hydroxylation sites is 2. The van der Waals surface area contributed by atoms with E-state index in [2.05, 4.69) is 5.32 Å². The third kappa shape index (κ3) is 4.41. The van der Waals surface area contributed by atoms with Gasteiger partial charge in [-0.1, -0.05) is 19.1 Å². The van der Waals surface area contributed by atoms with Gasteiger partial charge in [-0.3, -0.25) is 4.79 Å². The first kappa shape index (κ1) is 17.1. The predicted molar refractivity (Wildman–Crippen MR) is 90.5 cm³/mol. The maximum atomic E-state index is 12.9. The van der Waals surface area contributed by atoms with E-state index in [4.69, 9.17) is 14.2 Å². The number of carbonyl (C=O) groups is 1. The number of nitrogens with one attached hydrogen (secondary N) is 1. The molecule has 6 heteroatoms. The fourth-order valence-electron chi connectivity index (χ4n) is 2.49. The van der Waals surface area contributed by atoms with Crippen molar-refractivity contribution >= 4 is 5.91 Å². The van der Waals surface area contributed by atoms with E-state index in [-0.39, 0.29) is 17.8 Å². The van der Waals surface area contributed by atoms with Crippen LogP contribution in [0.1, 0.15) is 13.3 Å². The summed E-state index contributed by atoms with van der Waals surface area (Å²) in [5.74, 6) is 1.24. The van der Waals surface area contributed by atoms with Crippen molar-refractivity contribution in [2.75, 3.05) is 13.2 Å². The zero-order valence-electron chi connectivity index (χ0n) is 13.9. The molecule has 0 unspecified atom stereocenters. The molecule has 3 rings (SSSR count). The summed E-state index contributed by atoms with van der Waals surface area (Å²) in [6.07, 6.45) is -0.418. The van der Waals surface area contributed by atoms with Gasteiger partial charge in [-0.15, -0.1) is 0 Å². The van der Waals surface area contributed by atoms with E-state index in [1.54, 1.807) is 0 Å². The van der Waals surface area contributed by atoms with Gasteiger partial charge < -0.3 is 19.5 Å². The Labute approximate surface area is 145 Å². The van der Waals surface area contributed by atoms with E-state index in [9.17, 15) is 9.18 Å². The normalized spacial score (nSPS) is 16.8. The van der Waals surface area contributed by atoms with Crippen LogP contribution in [0.5, 0.6) is 17.2 Å². The summed E-state index contributed by atoms with van der Waals surface area (Å²) >= 11 is 0. The van der Waals surface area contributed by atoms with Crippen LogP contribution in [0.2, 0.25) is 0 Å². The summed E-state index contributed by atoms with van der Waals surface area (Å²) in [5, 5.41) is 2.82. The first-order valence-electron chi connectivity index (χ1n) is 8.24. The zero-order chi connectivity index (χ0) is 17.6. The molecule has 0 spiro atoms. The number of halogens is 1. The van der Waals surface area contributed by atoms with Gasteiger partial charge in [-0.25, -0.2) is 4.39 Å². The number of fused-ring (bicyclic) bond motifs is 1. The average Bonchev–Trinajstić information content (AvgIpc) is 2.65. The van der Waals surface area contributed by atoms with Gasteiger partial charge in [0.15, 0.2) is 17.6 Å². The molecule has 0 bridgehead atoms. The van der Waals surface area contributed by atoms with Crippen molar-refractivity contribution in [1.82, 2.24) is 5.32 Å². The second kappa shape index (κ2) is 7.88. The minimum Gasteiger partial charge on any atom is -0.486 e. The molecule has 132 valence electrons. The van der Waals surface area contributed by atoms with Crippen LogP contribution >= 0.6 is 0 Å². The number of amides is 1. The Morgan fingerprint density at radius 1 is 1.24 bits per heavy atom. The molecule has 0 aromatic heterocycles. The Hall–Kier alpha value is -2.76. The lowest BCUT2D eigenvalue weighted by atomic mass is 10.2. The van der Waals surface area contributed by atoms with Crippen LogP contribution in [-0.4, -0.2) is 31.3 Å². The molecule has 1 amide bonds. The lowest BCUT2D eigenvalue weighted by Gasteiger charge is -2.27. The highest BCUT2D eigenvalue weighted by molar-refractivity contribution is 5.81. The quantitative estimate of drug-likeness (QED) is 0.875. The maximum Gasteiger partial charge on any atom is 0.261 e. The van der Waals surface area contributed by atoms with Gasteiger partial charge >= 0.3 is 0 Å². The largest absolute Gasteiger partial charge is 0.486 e. The highest BCUT2D eigenvalue weighted by Gasteiger charge is 2.24. The van der Waals surface area contributed by atoms with Gasteiger partial charge in [-0.05, 0) is 42.8 Å². The minimum absolute atomic E-state index is 0.241. The highest BCUT2D eigenvalue weighted by atomic mass is 19.1. The van der Waals surface area contributed by atoms with Gasteiger partial charge in [0, 0.05) is 0 Å². The molecule has 25 heavy (non-hydrogen) atoms. The summed E-state index contributed by atoms with van der Waals surface area (Å²) in [6, 6.07) is 13.0. The number of hydrogen-bond acceptors (Lipinski definition) is 4. The van der Waals surface area contributed by atoms with E-state index in [1.807, 2.05) is 31.2 Å². The number of benzene rings is 2. The Morgan fingerprint density at radius 2 is 1.96 bits per heavy atom. The van der Waals surface area contributed by atoms with E-state index in [1.165, 1.54) is 24.3 Å². The third-order valence-corrected chi connectivity index (χ3v) is 3.83. The number of carbonyl (C=O) groups excluding carboxylic acids is 1. The lowest BCUT2D eigenvalue weighted by molar-refractivity contribution is -0.128. The Bertz CT molecular complexity index is 720. The van der Waals surface area contributed by atoms with Gasteiger partial charge in [0.1, 0.15) is 24.3 Å².